The van der Waals surface area contributed by atoms with Gasteiger partial charge in [0.2, 0.25) is 11.8 Å². The highest BCUT2D eigenvalue weighted by Gasteiger charge is 2.42. The number of ether oxygens (including phenoxy) is 1. The van der Waals surface area contributed by atoms with E-state index in [1.807, 2.05) is 0 Å². The molecule has 1 fully saturated rings. The molecule has 0 aromatic carbocycles. The van der Waals surface area contributed by atoms with Crippen LogP contribution in [0.4, 0.5) is 0 Å². The van der Waals surface area contributed by atoms with Gasteiger partial charge in [0.05, 0.1) is 11.5 Å². The summed E-state index contributed by atoms with van der Waals surface area (Å²) in [6.45, 7) is 0.829. The molecule has 6 nitrogen and oxygen atoms in total. The monoisotopic (exact) mass is 259 g/mol. The first-order chi connectivity index (χ1) is 8.03. The quantitative estimate of drug-likeness (QED) is 0.559. The van der Waals surface area contributed by atoms with Crippen LogP contribution in [0.5, 0.6) is 0 Å². The van der Waals surface area contributed by atoms with E-state index in [1.54, 1.807) is 0 Å². The van der Waals surface area contributed by atoms with Gasteiger partial charge in [-0.3, -0.25) is 9.59 Å². The minimum Gasteiger partial charge on any atom is -0.392 e. The Morgan fingerprint density at radius 1 is 1.41 bits per heavy atom. The summed E-state index contributed by atoms with van der Waals surface area (Å²) >= 11 is 4.97. The minimum atomic E-state index is -0.873. The van der Waals surface area contributed by atoms with Crippen LogP contribution >= 0.6 is 12.2 Å². The molecule has 0 aliphatic carbocycles. The second-order valence-electron chi connectivity index (χ2n) is 3.91. The second-order valence-corrected chi connectivity index (χ2v) is 4.35. The SMILES string of the molecule is CNC(=O)CNC(=O)C1(C(N)=S)CCOCC1. The van der Waals surface area contributed by atoms with E-state index in [0.717, 1.165) is 0 Å². The molecule has 0 spiro atoms. The number of nitrogens with two attached hydrogens (primary N) is 1. The first-order valence-corrected chi connectivity index (χ1v) is 5.80. The van der Waals surface area contributed by atoms with Crippen LogP contribution in [-0.2, 0) is 14.3 Å². The summed E-state index contributed by atoms with van der Waals surface area (Å²) in [5.41, 5.74) is 4.78. The number of hydrogen-bond acceptors (Lipinski definition) is 4. The Hall–Kier alpha value is -1.21. The molecule has 4 N–H and O–H groups in total. The largest absolute Gasteiger partial charge is 0.392 e. The van der Waals surface area contributed by atoms with Crippen molar-refractivity contribution in [3.63, 3.8) is 0 Å². The fourth-order valence-electron chi connectivity index (χ4n) is 1.72. The third-order valence-corrected chi connectivity index (χ3v) is 3.33. The van der Waals surface area contributed by atoms with Crippen molar-refractivity contribution in [1.29, 1.82) is 0 Å². The number of carbonyl (C=O) groups excluding carboxylic acids is 2. The number of thiocarbonyl (C=S) groups is 1. The summed E-state index contributed by atoms with van der Waals surface area (Å²) < 4.78 is 5.20. The van der Waals surface area contributed by atoms with Crippen molar-refractivity contribution in [3.05, 3.63) is 0 Å². The standard InChI is InChI=1S/C10H17N3O3S/c1-12-7(14)6-13-9(15)10(8(11)17)2-4-16-5-3-10/h2-6H2,1H3,(H2,11,17)(H,12,14)(H,13,15). The zero-order valence-electron chi connectivity index (χ0n) is 9.75. The molecular formula is C10H17N3O3S. The van der Waals surface area contributed by atoms with Gasteiger partial charge in [-0.2, -0.15) is 0 Å². The highest BCUT2D eigenvalue weighted by Crippen LogP contribution is 2.31. The molecule has 0 saturated carbocycles. The fourth-order valence-corrected chi connectivity index (χ4v) is 2.02. The van der Waals surface area contributed by atoms with E-state index < -0.39 is 5.41 Å². The van der Waals surface area contributed by atoms with Crippen molar-refractivity contribution in [2.24, 2.45) is 11.1 Å². The number of amides is 2. The number of carbonyl (C=O) groups is 2. The molecule has 1 heterocycles. The van der Waals surface area contributed by atoms with Gasteiger partial charge in [0.15, 0.2) is 0 Å². The van der Waals surface area contributed by atoms with E-state index in [-0.39, 0.29) is 23.3 Å². The van der Waals surface area contributed by atoms with Gasteiger partial charge >= 0.3 is 0 Å². The minimum absolute atomic E-state index is 0.0689. The van der Waals surface area contributed by atoms with E-state index in [0.29, 0.717) is 26.1 Å². The molecule has 2 amide bonds. The molecule has 0 aromatic heterocycles. The maximum absolute atomic E-state index is 12.1. The van der Waals surface area contributed by atoms with Gasteiger partial charge in [0, 0.05) is 20.3 Å². The molecular weight excluding hydrogens is 242 g/mol. The molecule has 96 valence electrons. The lowest BCUT2D eigenvalue weighted by molar-refractivity contribution is -0.133. The Morgan fingerprint density at radius 2 is 2.00 bits per heavy atom. The number of likely N-dealkylation sites (N-methyl/N-ethyl adjacent to an activating group) is 1. The van der Waals surface area contributed by atoms with Crippen LogP contribution in [-0.4, -0.2) is 43.6 Å². The molecule has 0 atom stereocenters. The van der Waals surface area contributed by atoms with Gasteiger partial charge in [-0.1, -0.05) is 12.2 Å². The van der Waals surface area contributed by atoms with Crippen molar-refractivity contribution < 1.29 is 14.3 Å². The lowest BCUT2D eigenvalue weighted by Gasteiger charge is -2.34. The van der Waals surface area contributed by atoms with Crippen LogP contribution in [0.1, 0.15) is 12.8 Å². The van der Waals surface area contributed by atoms with Crippen molar-refractivity contribution in [2.45, 2.75) is 12.8 Å². The Balaban J connectivity index is 2.67. The zero-order chi connectivity index (χ0) is 12.9. The van der Waals surface area contributed by atoms with Crippen LogP contribution in [0.25, 0.3) is 0 Å². The number of nitrogens with one attached hydrogen (secondary N) is 2. The summed E-state index contributed by atoms with van der Waals surface area (Å²) in [5, 5.41) is 4.97. The molecule has 7 heteroatoms. The summed E-state index contributed by atoms with van der Waals surface area (Å²) in [6.07, 6.45) is 0.920. The van der Waals surface area contributed by atoms with Crippen LogP contribution in [0, 0.1) is 5.41 Å². The molecule has 0 unspecified atom stereocenters. The second kappa shape index (κ2) is 5.92. The predicted molar refractivity (Wildman–Crippen MR) is 66.3 cm³/mol. The van der Waals surface area contributed by atoms with E-state index in [4.69, 9.17) is 22.7 Å². The van der Waals surface area contributed by atoms with Crippen LogP contribution < -0.4 is 16.4 Å². The smallest absolute Gasteiger partial charge is 0.239 e. The fraction of sp³-hybridized carbons (Fsp3) is 0.700. The van der Waals surface area contributed by atoms with Crippen LogP contribution in [0.15, 0.2) is 0 Å². The van der Waals surface area contributed by atoms with E-state index in [2.05, 4.69) is 10.6 Å². The summed E-state index contributed by atoms with van der Waals surface area (Å²) in [4.78, 5) is 23.3. The summed E-state index contributed by atoms with van der Waals surface area (Å²) in [7, 11) is 1.51. The number of hydrogen-bond donors (Lipinski definition) is 3. The molecule has 1 aliphatic rings. The predicted octanol–water partition coefficient (Wildman–Crippen LogP) is -1.07. The normalized spacial score (nSPS) is 18.2. The molecule has 17 heavy (non-hydrogen) atoms. The molecule has 0 radical (unpaired) electrons. The van der Waals surface area contributed by atoms with Gasteiger partial charge in [-0.25, -0.2) is 0 Å². The van der Waals surface area contributed by atoms with Crippen molar-refractivity contribution >= 4 is 29.0 Å². The van der Waals surface area contributed by atoms with Crippen LogP contribution in [0.3, 0.4) is 0 Å². The number of rotatable bonds is 4. The summed E-state index contributed by atoms with van der Waals surface area (Å²) in [5.74, 6) is -0.555. The average Bonchev–Trinajstić information content (AvgIpc) is 2.35. The van der Waals surface area contributed by atoms with Gasteiger partial charge in [0.25, 0.3) is 0 Å². The van der Waals surface area contributed by atoms with E-state index in [9.17, 15) is 9.59 Å². The topological polar surface area (TPSA) is 93.5 Å². The molecule has 1 saturated heterocycles. The zero-order valence-corrected chi connectivity index (χ0v) is 10.6. The highest BCUT2D eigenvalue weighted by atomic mass is 32.1. The first-order valence-electron chi connectivity index (χ1n) is 5.39. The maximum atomic E-state index is 12.1. The van der Waals surface area contributed by atoms with Gasteiger partial charge in [0.1, 0.15) is 5.41 Å². The summed E-state index contributed by atoms with van der Waals surface area (Å²) in [6, 6.07) is 0. The first kappa shape index (κ1) is 13.9. The van der Waals surface area contributed by atoms with Gasteiger partial charge < -0.3 is 21.1 Å². The van der Waals surface area contributed by atoms with Crippen LogP contribution in [0.2, 0.25) is 0 Å². The van der Waals surface area contributed by atoms with E-state index >= 15 is 0 Å². The Labute approximate surface area is 105 Å². The molecule has 0 bridgehead atoms. The van der Waals surface area contributed by atoms with Gasteiger partial charge in [-0.05, 0) is 12.8 Å². The lowest BCUT2D eigenvalue weighted by atomic mass is 9.79. The third-order valence-electron chi connectivity index (χ3n) is 2.94. The van der Waals surface area contributed by atoms with E-state index in [1.165, 1.54) is 7.05 Å². The average molecular weight is 259 g/mol. The molecule has 0 aromatic rings. The molecule has 1 rings (SSSR count). The van der Waals surface area contributed by atoms with Gasteiger partial charge in [-0.15, -0.1) is 0 Å². The van der Waals surface area contributed by atoms with Crippen molar-refractivity contribution in [3.8, 4) is 0 Å². The maximum Gasteiger partial charge on any atom is 0.239 e. The Morgan fingerprint density at radius 3 is 2.47 bits per heavy atom. The Bertz CT molecular complexity index is 327. The third kappa shape index (κ3) is 3.13. The van der Waals surface area contributed by atoms with Crippen molar-refractivity contribution in [2.75, 3.05) is 26.8 Å². The molecule has 1 aliphatic heterocycles. The van der Waals surface area contributed by atoms with Crippen molar-refractivity contribution in [1.82, 2.24) is 10.6 Å². The highest BCUT2D eigenvalue weighted by molar-refractivity contribution is 7.80. The Kier molecular flexibility index (Phi) is 4.83. The lowest BCUT2D eigenvalue weighted by Crippen LogP contribution is -2.53.